The van der Waals surface area contributed by atoms with E-state index in [0.29, 0.717) is 17.4 Å². The molecule has 0 spiro atoms. The van der Waals surface area contributed by atoms with Crippen LogP contribution in [0.3, 0.4) is 0 Å². The molecule has 0 fully saturated rings. The van der Waals surface area contributed by atoms with Gasteiger partial charge in [-0.15, -0.1) is 0 Å². The van der Waals surface area contributed by atoms with Crippen molar-refractivity contribution in [2.75, 3.05) is 5.43 Å². The minimum absolute atomic E-state index is 0.374. The Balaban J connectivity index is 2.03. The molecule has 26 heavy (non-hydrogen) atoms. The molecule has 1 aliphatic carbocycles. The molecule has 4 nitrogen and oxygen atoms in total. The molecule has 0 aliphatic heterocycles. The molecular formula is C17H18F5N3O. The van der Waals surface area contributed by atoms with Crippen molar-refractivity contribution in [3.63, 3.8) is 0 Å². The van der Waals surface area contributed by atoms with Crippen LogP contribution in [0.2, 0.25) is 0 Å². The molecule has 1 N–H and O–H groups in total. The van der Waals surface area contributed by atoms with Gasteiger partial charge in [0.25, 0.3) is 0 Å². The lowest BCUT2D eigenvalue weighted by Crippen LogP contribution is -2.41. The van der Waals surface area contributed by atoms with Crippen LogP contribution in [0, 0.1) is 5.92 Å². The van der Waals surface area contributed by atoms with Gasteiger partial charge in [0.1, 0.15) is 5.75 Å². The lowest BCUT2D eigenvalue weighted by Gasteiger charge is -2.20. The molecule has 142 valence electrons. The first-order valence-corrected chi connectivity index (χ1v) is 7.86. The maximum atomic E-state index is 12.8. The van der Waals surface area contributed by atoms with E-state index in [4.69, 9.17) is 0 Å². The van der Waals surface area contributed by atoms with E-state index in [1.54, 1.807) is 0 Å². The zero-order valence-corrected chi connectivity index (χ0v) is 14.0. The zero-order valence-electron chi connectivity index (χ0n) is 14.0. The van der Waals surface area contributed by atoms with Gasteiger partial charge in [0.15, 0.2) is 5.84 Å². The van der Waals surface area contributed by atoms with Crippen molar-refractivity contribution >= 4 is 18.2 Å². The number of hydrogen-bond donors (Lipinski definition) is 1. The molecule has 0 heterocycles. The Labute approximate surface area is 147 Å². The molecule has 0 saturated carbocycles. The number of hydrogen-bond acceptors (Lipinski definition) is 3. The van der Waals surface area contributed by atoms with Crippen LogP contribution in [-0.4, -0.2) is 24.8 Å². The van der Waals surface area contributed by atoms with Crippen LogP contribution in [0.25, 0.3) is 0 Å². The van der Waals surface area contributed by atoms with Crippen LogP contribution in [0.4, 0.5) is 27.6 Å². The van der Waals surface area contributed by atoms with Crippen molar-refractivity contribution in [2.24, 2.45) is 16.0 Å². The molecule has 0 aromatic heterocycles. The van der Waals surface area contributed by atoms with Gasteiger partial charge in [-0.1, -0.05) is 13.0 Å². The van der Waals surface area contributed by atoms with E-state index in [1.807, 2.05) is 6.08 Å². The summed E-state index contributed by atoms with van der Waals surface area (Å²) in [6, 6.07) is 4.51. The highest BCUT2D eigenvalue weighted by atomic mass is 19.4. The number of allylic oxidation sites excluding steroid dienone is 1. The topological polar surface area (TPSA) is 46.0 Å². The largest absolute Gasteiger partial charge is 0.499 e. The van der Waals surface area contributed by atoms with Crippen LogP contribution in [0.5, 0.6) is 5.75 Å². The molecule has 2 rings (SSSR count). The Morgan fingerprint density at radius 2 is 1.85 bits per heavy atom. The molecular weight excluding hydrogens is 357 g/mol. The molecule has 1 aromatic rings. The van der Waals surface area contributed by atoms with Crippen molar-refractivity contribution in [1.82, 2.24) is 0 Å². The van der Waals surface area contributed by atoms with Gasteiger partial charge >= 0.3 is 12.3 Å². The third kappa shape index (κ3) is 5.03. The van der Waals surface area contributed by atoms with Crippen molar-refractivity contribution in [3.8, 4) is 5.75 Å². The lowest BCUT2D eigenvalue weighted by atomic mass is 9.91. The maximum absolute atomic E-state index is 12.8. The van der Waals surface area contributed by atoms with E-state index < -0.39 is 18.0 Å². The molecule has 0 bridgehead atoms. The Hall–Kier alpha value is -2.45. The van der Waals surface area contributed by atoms with Gasteiger partial charge in [-0.3, -0.25) is 5.43 Å². The number of ether oxygens (including phenoxy) is 1. The molecule has 0 amide bonds. The van der Waals surface area contributed by atoms with Gasteiger partial charge in [-0.2, -0.15) is 27.1 Å². The number of nitrogens with one attached hydrogen (secondary N) is 1. The van der Waals surface area contributed by atoms with E-state index in [9.17, 15) is 22.0 Å². The predicted molar refractivity (Wildman–Crippen MR) is 89.8 cm³/mol. The van der Waals surface area contributed by atoms with Gasteiger partial charge in [0.2, 0.25) is 0 Å². The van der Waals surface area contributed by atoms with Gasteiger partial charge in [-0.25, -0.2) is 4.99 Å². The molecule has 1 aromatic carbocycles. The van der Waals surface area contributed by atoms with Gasteiger partial charge in [0, 0.05) is 0 Å². The van der Waals surface area contributed by atoms with E-state index in [0.717, 1.165) is 37.0 Å². The number of anilines is 1. The van der Waals surface area contributed by atoms with E-state index in [-0.39, 0.29) is 0 Å². The first-order chi connectivity index (χ1) is 12.1. The third-order valence-electron chi connectivity index (χ3n) is 3.83. The number of hydrazone groups is 1. The highest BCUT2D eigenvalue weighted by Crippen LogP contribution is 2.37. The Morgan fingerprint density at radius 3 is 2.35 bits per heavy atom. The molecule has 0 radical (unpaired) electrons. The van der Waals surface area contributed by atoms with Crippen LogP contribution in [0.1, 0.15) is 26.2 Å². The van der Waals surface area contributed by atoms with Crippen LogP contribution in [0.15, 0.2) is 46.0 Å². The molecule has 1 aliphatic rings. The summed E-state index contributed by atoms with van der Waals surface area (Å²) < 4.78 is 65.8. The molecule has 9 heteroatoms. The summed E-state index contributed by atoms with van der Waals surface area (Å²) in [4.78, 5) is 3.87. The summed E-state index contributed by atoms with van der Waals surface area (Å²) in [5.74, 6) is 0.397. The molecule has 1 atom stereocenters. The average molecular weight is 375 g/mol. The van der Waals surface area contributed by atoms with E-state index in [2.05, 4.69) is 33.9 Å². The standard InChI is InChI=1S/C17H18F5N3O/c1-11-3-5-12(6-4-11)15(23-2)25-24-13-7-9-14(10-8-13)26-17(21,22)16(18,19)20/h5,7-11,24H,2-4,6H2,1H3/b25-15-. The predicted octanol–water partition coefficient (Wildman–Crippen LogP) is 5.39. The summed E-state index contributed by atoms with van der Waals surface area (Å²) in [5, 5.41) is 4.10. The van der Waals surface area contributed by atoms with Crippen molar-refractivity contribution < 1.29 is 26.7 Å². The fourth-order valence-corrected chi connectivity index (χ4v) is 2.30. The second-order valence-electron chi connectivity index (χ2n) is 5.96. The fourth-order valence-electron chi connectivity index (χ4n) is 2.30. The van der Waals surface area contributed by atoms with Gasteiger partial charge < -0.3 is 4.74 Å². The first-order valence-electron chi connectivity index (χ1n) is 7.86. The highest BCUT2D eigenvalue weighted by molar-refractivity contribution is 6.01. The summed E-state index contributed by atoms with van der Waals surface area (Å²) >= 11 is 0. The van der Waals surface area contributed by atoms with E-state index in [1.165, 1.54) is 12.1 Å². The second kappa shape index (κ2) is 7.84. The first kappa shape index (κ1) is 19.9. The normalized spacial score (nSPS) is 18.9. The number of benzene rings is 1. The number of alkyl halides is 5. The average Bonchev–Trinajstić information content (AvgIpc) is 2.57. The van der Waals surface area contributed by atoms with Crippen LogP contribution in [-0.2, 0) is 0 Å². The highest BCUT2D eigenvalue weighted by Gasteiger charge is 2.61. The summed E-state index contributed by atoms with van der Waals surface area (Å²) in [5.41, 5.74) is 4.00. The maximum Gasteiger partial charge on any atom is 0.499 e. The quantitative estimate of drug-likeness (QED) is 0.324. The van der Waals surface area contributed by atoms with Gasteiger partial charge in [-0.05, 0) is 61.7 Å². The SMILES string of the molecule is C=N/C(=N\Nc1ccc(OC(F)(F)C(F)(F)F)cc1)C1=CCC(C)CC1. The number of rotatable bonds is 5. The molecule has 1 unspecified atom stereocenters. The monoisotopic (exact) mass is 375 g/mol. The smallest absolute Gasteiger partial charge is 0.426 e. The van der Waals surface area contributed by atoms with Crippen molar-refractivity contribution in [3.05, 3.63) is 35.9 Å². The summed E-state index contributed by atoms with van der Waals surface area (Å²) in [6.45, 7) is 5.62. The van der Waals surface area contributed by atoms with Crippen LogP contribution < -0.4 is 10.2 Å². The summed E-state index contributed by atoms with van der Waals surface area (Å²) in [7, 11) is 0. The van der Waals surface area contributed by atoms with Crippen molar-refractivity contribution in [1.29, 1.82) is 0 Å². The van der Waals surface area contributed by atoms with Crippen molar-refractivity contribution in [2.45, 2.75) is 38.5 Å². The minimum Gasteiger partial charge on any atom is -0.426 e. The zero-order chi connectivity index (χ0) is 19.4. The summed E-state index contributed by atoms with van der Waals surface area (Å²) in [6.07, 6.45) is -6.25. The lowest BCUT2D eigenvalue weighted by molar-refractivity contribution is -0.360. The fraction of sp³-hybridized carbons (Fsp3) is 0.412. The molecule has 0 saturated heterocycles. The third-order valence-corrected chi connectivity index (χ3v) is 3.83. The minimum atomic E-state index is -5.79. The number of halogens is 5. The van der Waals surface area contributed by atoms with Gasteiger partial charge in [0.05, 0.1) is 5.69 Å². The van der Waals surface area contributed by atoms with Crippen LogP contribution >= 0.6 is 0 Å². The number of nitrogens with zero attached hydrogens (tertiary/aromatic N) is 2. The number of aliphatic imine (C=N–C) groups is 1. The Bertz CT molecular complexity index is 695. The number of amidine groups is 1. The Kier molecular flexibility index (Phi) is 5.99. The van der Waals surface area contributed by atoms with E-state index >= 15 is 0 Å². The Morgan fingerprint density at radius 1 is 1.19 bits per heavy atom. The second-order valence-corrected chi connectivity index (χ2v) is 5.96.